The minimum absolute atomic E-state index is 0.153. The molecule has 0 unspecified atom stereocenters. The number of piperazine rings is 1. The van der Waals surface area contributed by atoms with Crippen LogP contribution in [-0.4, -0.2) is 53.0 Å². The number of hydrogen-bond acceptors (Lipinski definition) is 2. The lowest BCUT2D eigenvalue weighted by Gasteiger charge is -2.34. The predicted octanol–water partition coefficient (Wildman–Crippen LogP) is 3.20. The Labute approximate surface area is 139 Å². The van der Waals surface area contributed by atoms with Crippen LogP contribution in [0.3, 0.4) is 0 Å². The van der Waals surface area contributed by atoms with E-state index in [0.29, 0.717) is 0 Å². The monoisotopic (exact) mass is 363 g/mol. The van der Waals surface area contributed by atoms with Gasteiger partial charge in [-0.2, -0.15) is 0 Å². The molecule has 2 heterocycles. The third-order valence-corrected chi connectivity index (χ3v) is 5.15. The molecule has 1 aliphatic rings. The number of carbonyl (C=O) groups is 1. The van der Waals surface area contributed by atoms with Crippen LogP contribution < -0.4 is 0 Å². The normalized spacial score (nSPS) is 16.4. The summed E-state index contributed by atoms with van der Waals surface area (Å²) in [6.07, 6.45) is 0. The number of nitrogens with zero attached hydrogens (tertiary/aromatic N) is 3. The highest BCUT2D eigenvalue weighted by Crippen LogP contribution is 2.28. The molecule has 0 N–H and O–H groups in total. The van der Waals surface area contributed by atoms with Crippen molar-refractivity contribution in [3.8, 4) is 0 Å². The van der Waals surface area contributed by atoms with Gasteiger partial charge in [0.25, 0.3) is 5.91 Å². The van der Waals surface area contributed by atoms with Crippen molar-refractivity contribution in [2.45, 2.75) is 20.4 Å². The maximum Gasteiger partial charge on any atom is 0.270 e. The standard InChI is InChI=1S/C17H22BrN3O/c1-3-19-8-10-20(11-9-19)17(22)15-12-13-6-5-7-14(18)16(13)21(15)4-2/h5-7,12H,3-4,8-11H2,1-2H3. The van der Waals surface area contributed by atoms with Gasteiger partial charge in [0.1, 0.15) is 5.69 Å². The summed E-state index contributed by atoms with van der Waals surface area (Å²) in [5.74, 6) is 0.153. The van der Waals surface area contributed by atoms with Crippen molar-refractivity contribution < 1.29 is 4.79 Å². The fourth-order valence-corrected chi connectivity index (χ4v) is 3.81. The molecule has 1 aromatic carbocycles. The Morgan fingerprint density at radius 2 is 1.86 bits per heavy atom. The summed E-state index contributed by atoms with van der Waals surface area (Å²) in [6.45, 7) is 9.69. The summed E-state index contributed by atoms with van der Waals surface area (Å²) in [4.78, 5) is 17.3. The molecule has 0 saturated carbocycles. The van der Waals surface area contributed by atoms with Crippen LogP contribution in [0.1, 0.15) is 24.3 Å². The molecule has 1 aromatic heterocycles. The van der Waals surface area contributed by atoms with Gasteiger partial charge in [-0.1, -0.05) is 19.1 Å². The highest BCUT2D eigenvalue weighted by atomic mass is 79.9. The van der Waals surface area contributed by atoms with Gasteiger partial charge in [-0.25, -0.2) is 0 Å². The zero-order valence-corrected chi connectivity index (χ0v) is 14.8. The molecular formula is C17H22BrN3O. The number of aromatic nitrogens is 1. The third-order valence-electron chi connectivity index (χ3n) is 4.51. The first-order chi connectivity index (χ1) is 10.7. The van der Waals surface area contributed by atoms with Crippen LogP contribution in [0.2, 0.25) is 0 Å². The lowest BCUT2D eigenvalue weighted by molar-refractivity contribution is 0.0633. The minimum Gasteiger partial charge on any atom is -0.336 e. The number of carbonyl (C=O) groups excluding carboxylic acids is 1. The maximum atomic E-state index is 12.9. The van der Waals surface area contributed by atoms with Crippen LogP contribution in [0.25, 0.3) is 10.9 Å². The van der Waals surface area contributed by atoms with E-state index in [2.05, 4.69) is 45.3 Å². The van der Waals surface area contributed by atoms with Gasteiger partial charge in [-0.15, -0.1) is 0 Å². The molecular weight excluding hydrogens is 342 g/mol. The SMILES string of the molecule is CCN1CCN(C(=O)c2cc3cccc(Br)c3n2CC)CC1. The molecule has 2 aromatic rings. The number of likely N-dealkylation sites (N-methyl/N-ethyl adjacent to an activating group) is 1. The Morgan fingerprint density at radius 3 is 2.50 bits per heavy atom. The molecule has 3 rings (SSSR count). The molecule has 1 aliphatic heterocycles. The van der Waals surface area contributed by atoms with Crippen molar-refractivity contribution in [1.29, 1.82) is 0 Å². The zero-order valence-electron chi connectivity index (χ0n) is 13.2. The fraction of sp³-hybridized carbons (Fsp3) is 0.471. The topological polar surface area (TPSA) is 28.5 Å². The van der Waals surface area contributed by atoms with Crippen molar-refractivity contribution in [3.63, 3.8) is 0 Å². The largest absolute Gasteiger partial charge is 0.336 e. The highest BCUT2D eigenvalue weighted by molar-refractivity contribution is 9.10. The molecule has 0 spiro atoms. The minimum atomic E-state index is 0.153. The smallest absolute Gasteiger partial charge is 0.270 e. The van der Waals surface area contributed by atoms with Gasteiger partial charge in [0.2, 0.25) is 0 Å². The van der Waals surface area contributed by atoms with Gasteiger partial charge in [0, 0.05) is 42.6 Å². The van der Waals surface area contributed by atoms with E-state index in [9.17, 15) is 4.79 Å². The lowest BCUT2D eigenvalue weighted by atomic mass is 10.2. The summed E-state index contributed by atoms with van der Waals surface area (Å²) >= 11 is 3.61. The van der Waals surface area contributed by atoms with Crippen molar-refractivity contribution in [3.05, 3.63) is 34.4 Å². The number of aryl methyl sites for hydroxylation is 1. The molecule has 0 atom stereocenters. The fourth-order valence-electron chi connectivity index (χ4n) is 3.21. The second kappa shape index (κ2) is 6.42. The quantitative estimate of drug-likeness (QED) is 0.837. The number of para-hydroxylation sites is 1. The summed E-state index contributed by atoms with van der Waals surface area (Å²) in [5, 5.41) is 1.12. The first-order valence-electron chi connectivity index (χ1n) is 7.95. The number of halogens is 1. The predicted molar refractivity (Wildman–Crippen MR) is 93.3 cm³/mol. The number of rotatable bonds is 3. The van der Waals surface area contributed by atoms with Gasteiger partial charge in [0.15, 0.2) is 0 Å². The molecule has 5 heteroatoms. The number of benzene rings is 1. The Kier molecular flexibility index (Phi) is 4.54. The molecule has 118 valence electrons. The van der Waals surface area contributed by atoms with Crippen LogP contribution in [-0.2, 0) is 6.54 Å². The molecule has 1 amide bonds. The van der Waals surface area contributed by atoms with Gasteiger partial charge in [0.05, 0.1) is 5.52 Å². The van der Waals surface area contributed by atoms with Crippen molar-refractivity contribution in [2.24, 2.45) is 0 Å². The number of hydrogen-bond donors (Lipinski definition) is 0. The second-order valence-corrected chi connectivity index (χ2v) is 6.53. The van der Waals surface area contributed by atoms with Gasteiger partial charge < -0.3 is 14.4 Å². The van der Waals surface area contributed by atoms with Gasteiger partial charge in [-0.3, -0.25) is 4.79 Å². The van der Waals surface area contributed by atoms with Crippen molar-refractivity contribution >= 4 is 32.7 Å². The maximum absolute atomic E-state index is 12.9. The van der Waals surface area contributed by atoms with E-state index >= 15 is 0 Å². The van der Waals surface area contributed by atoms with Gasteiger partial charge in [-0.05, 0) is 41.5 Å². The molecule has 0 bridgehead atoms. The van der Waals surface area contributed by atoms with E-state index in [4.69, 9.17) is 0 Å². The Bertz CT molecular complexity index is 687. The summed E-state index contributed by atoms with van der Waals surface area (Å²) in [7, 11) is 0. The molecule has 1 fully saturated rings. The van der Waals surface area contributed by atoms with Gasteiger partial charge >= 0.3 is 0 Å². The Balaban J connectivity index is 1.93. The molecule has 0 radical (unpaired) electrons. The van der Waals surface area contributed by atoms with Crippen LogP contribution >= 0.6 is 15.9 Å². The van der Waals surface area contributed by atoms with E-state index in [1.54, 1.807) is 0 Å². The lowest BCUT2D eigenvalue weighted by Crippen LogP contribution is -2.48. The van der Waals surface area contributed by atoms with Crippen LogP contribution in [0, 0.1) is 0 Å². The number of amides is 1. The summed E-state index contributed by atoms with van der Waals surface area (Å²) < 4.78 is 3.16. The third kappa shape index (κ3) is 2.68. The average Bonchev–Trinajstić information content (AvgIpc) is 2.94. The summed E-state index contributed by atoms with van der Waals surface area (Å²) in [6, 6.07) is 8.14. The van der Waals surface area contributed by atoms with Crippen LogP contribution in [0.15, 0.2) is 28.7 Å². The molecule has 22 heavy (non-hydrogen) atoms. The van der Waals surface area contributed by atoms with E-state index in [-0.39, 0.29) is 5.91 Å². The summed E-state index contributed by atoms with van der Waals surface area (Å²) in [5.41, 5.74) is 1.91. The van der Waals surface area contributed by atoms with Crippen LogP contribution in [0.5, 0.6) is 0 Å². The average molecular weight is 364 g/mol. The van der Waals surface area contributed by atoms with E-state index < -0.39 is 0 Å². The van der Waals surface area contributed by atoms with E-state index in [0.717, 1.165) is 60.3 Å². The van der Waals surface area contributed by atoms with Crippen LogP contribution in [0.4, 0.5) is 0 Å². The number of fused-ring (bicyclic) bond motifs is 1. The van der Waals surface area contributed by atoms with Crippen molar-refractivity contribution in [1.82, 2.24) is 14.4 Å². The van der Waals surface area contributed by atoms with Crippen molar-refractivity contribution in [2.75, 3.05) is 32.7 Å². The molecule has 1 saturated heterocycles. The Morgan fingerprint density at radius 1 is 1.14 bits per heavy atom. The zero-order chi connectivity index (χ0) is 15.7. The first-order valence-corrected chi connectivity index (χ1v) is 8.74. The highest BCUT2D eigenvalue weighted by Gasteiger charge is 2.24. The molecule has 4 nitrogen and oxygen atoms in total. The second-order valence-electron chi connectivity index (χ2n) is 5.68. The van der Waals surface area contributed by atoms with E-state index in [1.807, 2.05) is 23.1 Å². The Hall–Kier alpha value is -1.33. The molecule has 0 aliphatic carbocycles. The first kappa shape index (κ1) is 15.6. The van der Waals surface area contributed by atoms with E-state index in [1.165, 1.54) is 0 Å².